The smallest absolute Gasteiger partial charge is 0.330 e. The first kappa shape index (κ1) is 11.2. The molecule has 82 valence electrons. The van der Waals surface area contributed by atoms with Gasteiger partial charge in [-0.15, -0.1) is 0 Å². The lowest BCUT2D eigenvalue weighted by atomic mass is 10.2. The Balaban J connectivity index is 3.60. The molecule has 0 unspecified atom stereocenters. The SMILES string of the molecule is Cc1c(CC(=O)O)n(C)c(=O)n(C)c1=O. The molecule has 1 aromatic heterocycles. The van der Waals surface area contributed by atoms with E-state index in [2.05, 4.69) is 0 Å². The minimum atomic E-state index is -1.07. The van der Waals surface area contributed by atoms with Crippen molar-refractivity contribution >= 4 is 5.97 Å². The second-order valence-electron chi connectivity index (χ2n) is 3.35. The van der Waals surface area contributed by atoms with Crippen molar-refractivity contribution in [2.24, 2.45) is 14.1 Å². The molecule has 0 bridgehead atoms. The summed E-state index contributed by atoms with van der Waals surface area (Å²) < 4.78 is 2.14. The van der Waals surface area contributed by atoms with E-state index in [4.69, 9.17) is 5.11 Å². The van der Waals surface area contributed by atoms with Crippen LogP contribution in [0.2, 0.25) is 0 Å². The van der Waals surface area contributed by atoms with Gasteiger partial charge in [-0.3, -0.25) is 18.7 Å². The molecule has 1 rings (SSSR count). The van der Waals surface area contributed by atoms with Gasteiger partial charge in [0.2, 0.25) is 0 Å². The van der Waals surface area contributed by atoms with E-state index in [1.165, 1.54) is 25.6 Å². The van der Waals surface area contributed by atoms with Crippen LogP contribution >= 0.6 is 0 Å². The summed E-state index contributed by atoms with van der Waals surface area (Å²) in [4.78, 5) is 33.5. The molecule has 0 saturated heterocycles. The number of carboxylic acids is 1. The van der Waals surface area contributed by atoms with Gasteiger partial charge in [-0.1, -0.05) is 0 Å². The van der Waals surface area contributed by atoms with E-state index < -0.39 is 17.2 Å². The molecule has 15 heavy (non-hydrogen) atoms. The fourth-order valence-electron chi connectivity index (χ4n) is 1.45. The fraction of sp³-hybridized carbons (Fsp3) is 0.444. The topological polar surface area (TPSA) is 81.3 Å². The highest BCUT2D eigenvalue weighted by molar-refractivity contribution is 5.70. The molecule has 0 aromatic carbocycles. The van der Waals surface area contributed by atoms with Crippen molar-refractivity contribution in [1.29, 1.82) is 0 Å². The largest absolute Gasteiger partial charge is 0.481 e. The van der Waals surface area contributed by atoms with E-state index >= 15 is 0 Å². The Labute approximate surface area is 85.4 Å². The quantitative estimate of drug-likeness (QED) is 0.683. The molecule has 0 amide bonds. The van der Waals surface area contributed by atoms with E-state index in [-0.39, 0.29) is 12.1 Å². The van der Waals surface area contributed by atoms with Gasteiger partial charge in [-0.25, -0.2) is 4.79 Å². The molecule has 0 fully saturated rings. The van der Waals surface area contributed by atoms with Gasteiger partial charge in [0, 0.05) is 25.4 Å². The summed E-state index contributed by atoms with van der Waals surface area (Å²) in [5.41, 5.74) is -0.422. The zero-order chi connectivity index (χ0) is 11.7. The molecule has 6 nitrogen and oxygen atoms in total. The molecule has 0 aliphatic carbocycles. The summed E-state index contributed by atoms with van der Waals surface area (Å²) in [6.45, 7) is 1.51. The monoisotopic (exact) mass is 212 g/mol. The van der Waals surface area contributed by atoms with Gasteiger partial charge < -0.3 is 5.11 Å². The molecule has 0 atom stereocenters. The van der Waals surface area contributed by atoms with Crippen molar-refractivity contribution < 1.29 is 9.90 Å². The van der Waals surface area contributed by atoms with Gasteiger partial charge in [0.05, 0.1) is 6.42 Å². The summed E-state index contributed by atoms with van der Waals surface area (Å²) in [7, 11) is 2.81. The minimum Gasteiger partial charge on any atom is -0.481 e. The molecule has 0 radical (unpaired) electrons. The van der Waals surface area contributed by atoms with Crippen LogP contribution in [0.4, 0.5) is 0 Å². The number of hydrogen-bond acceptors (Lipinski definition) is 3. The van der Waals surface area contributed by atoms with Crippen molar-refractivity contribution in [3.63, 3.8) is 0 Å². The summed E-state index contributed by atoms with van der Waals surface area (Å²) in [6.07, 6.45) is -0.326. The lowest BCUT2D eigenvalue weighted by Gasteiger charge is -2.10. The zero-order valence-electron chi connectivity index (χ0n) is 8.77. The molecule has 0 saturated carbocycles. The number of nitrogens with zero attached hydrogens (tertiary/aromatic N) is 2. The summed E-state index contributed by atoms with van der Waals surface area (Å²) in [6, 6.07) is 0. The third kappa shape index (κ3) is 1.83. The lowest BCUT2D eigenvalue weighted by Crippen LogP contribution is -2.40. The molecule has 0 aliphatic heterocycles. The van der Waals surface area contributed by atoms with Crippen molar-refractivity contribution in [3.05, 3.63) is 32.1 Å². The Morgan fingerprint density at radius 3 is 2.27 bits per heavy atom. The van der Waals surface area contributed by atoms with Gasteiger partial charge in [-0.2, -0.15) is 0 Å². The predicted octanol–water partition coefficient (Wildman–Crippen LogP) is -0.980. The Bertz CT molecular complexity index is 487. The fourth-order valence-corrected chi connectivity index (χ4v) is 1.45. The maximum atomic E-state index is 11.5. The maximum absolute atomic E-state index is 11.5. The van der Waals surface area contributed by atoms with Gasteiger partial charge in [-0.05, 0) is 6.92 Å². The molecule has 1 heterocycles. The number of aliphatic carboxylic acids is 1. The van der Waals surface area contributed by atoms with E-state index in [0.29, 0.717) is 5.56 Å². The minimum absolute atomic E-state index is 0.246. The van der Waals surface area contributed by atoms with Crippen molar-refractivity contribution in [2.75, 3.05) is 0 Å². The molecule has 0 aliphatic rings. The Morgan fingerprint density at radius 2 is 1.80 bits per heavy atom. The van der Waals surface area contributed by atoms with Crippen LogP contribution in [0.1, 0.15) is 11.3 Å². The van der Waals surface area contributed by atoms with Crippen molar-refractivity contribution in [2.45, 2.75) is 13.3 Å². The van der Waals surface area contributed by atoms with Crippen LogP contribution < -0.4 is 11.2 Å². The molecule has 6 heteroatoms. The second-order valence-corrected chi connectivity index (χ2v) is 3.35. The van der Waals surface area contributed by atoms with Gasteiger partial charge in [0.15, 0.2) is 0 Å². The van der Waals surface area contributed by atoms with E-state index in [1.807, 2.05) is 0 Å². The van der Waals surface area contributed by atoms with Gasteiger partial charge >= 0.3 is 11.7 Å². The molecule has 0 spiro atoms. The zero-order valence-corrected chi connectivity index (χ0v) is 8.77. The highest BCUT2D eigenvalue weighted by Gasteiger charge is 2.13. The van der Waals surface area contributed by atoms with E-state index in [0.717, 1.165) is 4.57 Å². The standard InChI is InChI=1S/C9H12N2O4/c1-5-6(4-7(12)13)10(2)9(15)11(3)8(5)14/h4H2,1-3H3,(H,12,13). The number of aromatic nitrogens is 2. The third-order valence-corrected chi connectivity index (χ3v) is 2.36. The van der Waals surface area contributed by atoms with Crippen LogP contribution in [0, 0.1) is 6.92 Å². The van der Waals surface area contributed by atoms with Crippen LogP contribution in [0.3, 0.4) is 0 Å². The highest BCUT2D eigenvalue weighted by Crippen LogP contribution is 2.00. The average molecular weight is 212 g/mol. The maximum Gasteiger partial charge on any atom is 0.330 e. The van der Waals surface area contributed by atoms with Crippen LogP contribution in [-0.2, 0) is 25.3 Å². The van der Waals surface area contributed by atoms with Crippen LogP contribution in [0.5, 0.6) is 0 Å². The predicted molar refractivity (Wildman–Crippen MR) is 53.0 cm³/mol. The van der Waals surface area contributed by atoms with E-state index in [9.17, 15) is 14.4 Å². The first-order valence-corrected chi connectivity index (χ1v) is 4.33. The summed E-state index contributed by atoms with van der Waals surface area (Å²) >= 11 is 0. The van der Waals surface area contributed by atoms with Crippen molar-refractivity contribution in [3.8, 4) is 0 Å². The Kier molecular flexibility index (Phi) is 2.78. The Morgan fingerprint density at radius 1 is 1.27 bits per heavy atom. The third-order valence-electron chi connectivity index (χ3n) is 2.36. The van der Waals surface area contributed by atoms with Gasteiger partial charge in [0.25, 0.3) is 5.56 Å². The molecule has 1 N–H and O–H groups in total. The number of rotatable bonds is 2. The first-order valence-electron chi connectivity index (χ1n) is 4.33. The van der Waals surface area contributed by atoms with E-state index in [1.54, 1.807) is 0 Å². The normalized spacial score (nSPS) is 10.3. The Hall–Kier alpha value is -1.85. The number of hydrogen-bond donors (Lipinski definition) is 1. The number of carbonyl (C=O) groups is 1. The second kappa shape index (κ2) is 3.72. The van der Waals surface area contributed by atoms with Crippen LogP contribution in [0.25, 0.3) is 0 Å². The highest BCUT2D eigenvalue weighted by atomic mass is 16.4. The number of carboxylic acid groups (broad SMARTS) is 1. The summed E-state index contributed by atoms with van der Waals surface area (Å²) in [5.74, 6) is -1.07. The average Bonchev–Trinajstić information content (AvgIpc) is 2.18. The molecular formula is C9H12N2O4. The van der Waals surface area contributed by atoms with Crippen LogP contribution in [0.15, 0.2) is 9.59 Å². The molecule has 1 aromatic rings. The summed E-state index contributed by atoms with van der Waals surface area (Å²) in [5, 5.41) is 8.64. The van der Waals surface area contributed by atoms with Crippen LogP contribution in [-0.4, -0.2) is 20.2 Å². The van der Waals surface area contributed by atoms with Crippen molar-refractivity contribution in [1.82, 2.24) is 9.13 Å². The van der Waals surface area contributed by atoms with Gasteiger partial charge in [0.1, 0.15) is 0 Å². The first-order chi connectivity index (χ1) is 6.86. The molecular weight excluding hydrogens is 200 g/mol. The lowest BCUT2D eigenvalue weighted by molar-refractivity contribution is -0.136.